The highest BCUT2D eigenvalue weighted by molar-refractivity contribution is 5.96. The van der Waals surface area contributed by atoms with Crippen LogP contribution in [0.5, 0.6) is 0 Å². The summed E-state index contributed by atoms with van der Waals surface area (Å²) in [7, 11) is 0. The molecule has 0 saturated carbocycles. The van der Waals surface area contributed by atoms with Gasteiger partial charge in [-0.25, -0.2) is 10.8 Å². The van der Waals surface area contributed by atoms with Crippen molar-refractivity contribution in [2.75, 3.05) is 11.4 Å². The molecule has 0 fully saturated rings. The Bertz CT molecular complexity index is 385. The van der Waals surface area contributed by atoms with Crippen molar-refractivity contribution in [3.8, 4) is 0 Å². The Morgan fingerprint density at radius 3 is 2.53 bits per heavy atom. The van der Waals surface area contributed by atoms with E-state index in [1.54, 1.807) is 0 Å². The molecule has 1 rings (SSSR count). The number of nitrogens with zero attached hydrogens (tertiary/aromatic N) is 2. The van der Waals surface area contributed by atoms with Gasteiger partial charge in [0, 0.05) is 18.3 Å². The first-order chi connectivity index (χ1) is 8.10. The Morgan fingerprint density at radius 1 is 1.41 bits per heavy atom. The van der Waals surface area contributed by atoms with Crippen LogP contribution in [0.3, 0.4) is 0 Å². The second-order valence-corrected chi connectivity index (χ2v) is 4.22. The normalized spacial score (nSPS) is 11.8. The predicted molar refractivity (Wildman–Crippen MR) is 74.1 cm³/mol. The zero-order valence-electron chi connectivity index (χ0n) is 11.1. The van der Waals surface area contributed by atoms with Crippen LogP contribution in [-0.2, 0) is 0 Å². The van der Waals surface area contributed by atoms with Crippen LogP contribution in [0.15, 0.2) is 29.3 Å². The highest BCUT2D eigenvalue weighted by Crippen LogP contribution is 2.19. The highest BCUT2D eigenvalue weighted by atomic mass is 15.4. The number of hydrogen-bond donors (Lipinski definition) is 2. The van der Waals surface area contributed by atoms with E-state index in [0.29, 0.717) is 5.96 Å². The molecule has 94 valence electrons. The second kappa shape index (κ2) is 6.25. The number of hydrogen-bond acceptors (Lipinski definition) is 2. The number of benzene rings is 1. The minimum absolute atomic E-state index is 0.208. The van der Waals surface area contributed by atoms with E-state index < -0.39 is 0 Å². The minimum Gasteiger partial charge on any atom is -0.312 e. The van der Waals surface area contributed by atoms with Gasteiger partial charge in [0.05, 0.1) is 0 Å². The van der Waals surface area contributed by atoms with Crippen molar-refractivity contribution in [3.05, 3.63) is 29.8 Å². The van der Waals surface area contributed by atoms with E-state index >= 15 is 0 Å². The fraction of sp³-hybridized carbons (Fsp3) is 0.462. The maximum absolute atomic E-state index is 5.56. The summed E-state index contributed by atoms with van der Waals surface area (Å²) in [5, 5.41) is 0. The summed E-state index contributed by atoms with van der Waals surface area (Å²) in [6.45, 7) is 9.05. The van der Waals surface area contributed by atoms with Gasteiger partial charge in [0.15, 0.2) is 0 Å². The second-order valence-electron chi connectivity index (χ2n) is 4.22. The summed E-state index contributed by atoms with van der Waals surface area (Å²) in [5.41, 5.74) is 5.03. The van der Waals surface area contributed by atoms with E-state index in [2.05, 4.69) is 41.3 Å². The molecule has 0 spiro atoms. The lowest BCUT2D eigenvalue weighted by atomic mass is 10.2. The maximum Gasteiger partial charge on any atom is 0.213 e. The summed E-state index contributed by atoms with van der Waals surface area (Å²) in [6.07, 6.45) is 0. The van der Waals surface area contributed by atoms with Crippen molar-refractivity contribution >= 4 is 11.6 Å². The zero-order valence-corrected chi connectivity index (χ0v) is 11.1. The van der Waals surface area contributed by atoms with Gasteiger partial charge in [-0.05, 0) is 39.3 Å². The lowest BCUT2D eigenvalue weighted by Gasteiger charge is -2.26. The molecule has 0 amide bonds. The standard InChI is InChI=1S/C13H22N4/c1-5-17(13(16-14)15-10(2)3)12-9-7-6-8-11(12)4/h6-10H,5,14H2,1-4H3,(H,15,16). The number of anilines is 1. The van der Waals surface area contributed by atoms with Crippen LogP contribution >= 0.6 is 0 Å². The zero-order chi connectivity index (χ0) is 12.8. The van der Waals surface area contributed by atoms with Crippen molar-refractivity contribution in [1.29, 1.82) is 0 Å². The molecular weight excluding hydrogens is 212 g/mol. The molecular formula is C13H22N4. The molecule has 17 heavy (non-hydrogen) atoms. The van der Waals surface area contributed by atoms with Crippen molar-refractivity contribution in [1.82, 2.24) is 5.43 Å². The predicted octanol–water partition coefficient (Wildman–Crippen LogP) is 2.05. The molecule has 4 nitrogen and oxygen atoms in total. The fourth-order valence-corrected chi connectivity index (χ4v) is 1.73. The van der Waals surface area contributed by atoms with Gasteiger partial charge in [0.25, 0.3) is 0 Å². The Balaban J connectivity index is 3.10. The van der Waals surface area contributed by atoms with Gasteiger partial charge >= 0.3 is 0 Å². The van der Waals surface area contributed by atoms with E-state index in [9.17, 15) is 0 Å². The first kappa shape index (κ1) is 13.5. The van der Waals surface area contributed by atoms with Gasteiger partial charge < -0.3 is 4.90 Å². The molecule has 0 aliphatic rings. The van der Waals surface area contributed by atoms with E-state index in [1.165, 1.54) is 5.56 Å². The number of rotatable bonds is 3. The van der Waals surface area contributed by atoms with E-state index in [4.69, 9.17) is 5.84 Å². The molecule has 0 aliphatic heterocycles. The summed E-state index contributed by atoms with van der Waals surface area (Å²) in [5.74, 6) is 6.27. The molecule has 0 atom stereocenters. The molecule has 0 aliphatic carbocycles. The van der Waals surface area contributed by atoms with Gasteiger partial charge in [0.1, 0.15) is 0 Å². The fourth-order valence-electron chi connectivity index (χ4n) is 1.73. The number of aliphatic imine (C=N–C) groups is 1. The Morgan fingerprint density at radius 2 is 2.06 bits per heavy atom. The van der Waals surface area contributed by atoms with Crippen LogP contribution in [0.2, 0.25) is 0 Å². The van der Waals surface area contributed by atoms with Crippen LogP contribution in [-0.4, -0.2) is 18.5 Å². The van der Waals surface area contributed by atoms with Gasteiger partial charge in [-0.2, -0.15) is 0 Å². The number of aryl methyl sites for hydroxylation is 1. The molecule has 1 aromatic rings. The van der Waals surface area contributed by atoms with Crippen LogP contribution in [0.1, 0.15) is 26.3 Å². The van der Waals surface area contributed by atoms with Crippen molar-refractivity contribution in [2.45, 2.75) is 33.7 Å². The molecule has 3 N–H and O–H groups in total. The van der Waals surface area contributed by atoms with Gasteiger partial charge in [-0.1, -0.05) is 18.2 Å². The smallest absolute Gasteiger partial charge is 0.213 e. The molecule has 0 unspecified atom stereocenters. The average Bonchev–Trinajstić information content (AvgIpc) is 2.30. The number of nitrogens with two attached hydrogens (primary N) is 1. The lowest BCUT2D eigenvalue weighted by Crippen LogP contribution is -2.45. The number of hydrazine groups is 1. The van der Waals surface area contributed by atoms with Crippen LogP contribution < -0.4 is 16.2 Å². The quantitative estimate of drug-likeness (QED) is 0.364. The summed E-state index contributed by atoms with van der Waals surface area (Å²) in [6, 6.07) is 8.42. The first-order valence-electron chi connectivity index (χ1n) is 5.97. The van der Waals surface area contributed by atoms with Gasteiger partial charge in [0.2, 0.25) is 5.96 Å². The largest absolute Gasteiger partial charge is 0.312 e. The van der Waals surface area contributed by atoms with Gasteiger partial charge in [-0.15, -0.1) is 0 Å². The van der Waals surface area contributed by atoms with E-state index in [-0.39, 0.29) is 6.04 Å². The Labute approximate surface area is 104 Å². The molecule has 1 aromatic carbocycles. The van der Waals surface area contributed by atoms with E-state index in [1.807, 2.05) is 26.0 Å². The van der Waals surface area contributed by atoms with Crippen LogP contribution in [0.25, 0.3) is 0 Å². The Kier molecular flexibility index (Phi) is 4.97. The van der Waals surface area contributed by atoms with E-state index in [0.717, 1.165) is 12.2 Å². The van der Waals surface area contributed by atoms with Crippen molar-refractivity contribution in [3.63, 3.8) is 0 Å². The molecule has 0 radical (unpaired) electrons. The topological polar surface area (TPSA) is 53.6 Å². The molecule has 0 heterocycles. The third kappa shape index (κ3) is 3.46. The monoisotopic (exact) mass is 234 g/mol. The SMILES string of the molecule is CCN(C(=NC(C)C)NN)c1ccccc1C. The molecule has 0 saturated heterocycles. The molecule has 0 aromatic heterocycles. The third-order valence-electron chi connectivity index (χ3n) is 2.49. The van der Waals surface area contributed by atoms with Crippen LogP contribution in [0, 0.1) is 6.92 Å². The number of nitrogens with one attached hydrogen (secondary N) is 1. The summed E-state index contributed by atoms with van der Waals surface area (Å²) < 4.78 is 0. The van der Waals surface area contributed by atoms with Crippen LogP contribution in [0.4, 0.5) is 5.69 Å². The average molecular weight is 234 g/mol. The van der Waals surface area contributed by atoms with Gasteiger partial charge in [-0.3, -0.25) is 5.43 Å². The Hall–Kier alpha value is -1.55. The minimum atomic E-state index is 0.208. The third-order valence-corrected chi connectivity index (χ3v) is 2.49. The molecule has 0 bridgehead atoms. The number of para-hydroxylation sites is 1. The first-order valence-corrected chi connectivity index (χ1v) is 5.97. The lowest BCUT2D eigenvalue weighted by molar-refractivity contribution is 0.802. The number of guanidine groups is 1. The highest BCUT2D eigenvalue weighted by Gasteiger charge is 2.12. The van der Waals surface area contributed by atoms with Crippen molar-refractivity contribution in [2.24, 2.45) is 10.8 Å². The summed E-state index contributed by atoms with van der Waals surface area (Å²) >= 11 is 0. The summed E-state index contributed by atoms with van der Waals surface area (Å²) in [4.78, 5) is 6.57. The maximum atomic E-state index is 5.56. The van der Waals surface area contributed by atoms with Crippen molar-refractivity contribution < 1.29 is 0 Å². The molecule has 4 heteroatoms.